The zero-order valence-corrected chi connectivity index (χ0v) is 12.7. The molecule has 0 fully saturated rings. The molecular formula is C17H22Si. The summed E-state index contributed by atoms with van der Waals surface area (Å²) in [5.74, 6) is 9.70. The first-order valence-electron chi connectivity index (χ1n) is 6.62. The highest BCUT2D eigenvalue weighted by Crippen LogP contribution is 2.01. The van der Waals surface area contributed by atoms with Crippen molar-refractivity contribution in [1.29, 1.82) is 0 Å². The van der Waals surface area contributed by atoms with Gasteiger partial charge in [-0.15, -0.1) is 11.5 Å². The van der Waals surface area contributed by atoms with Gasteiger partial charge in [0, 0.05) is 18.4 Å². The standard InChI is InChI=1S/C17H22Si/c1-18(2,3)16-12-7-5-4-6-9-13-17-14-10-8-11-15-17/h8,10-11,14-15H,4-7H2,1-3H3. The van der Waals surface area contributed by atoms with Crippen LogP contribution in [0.4, 0.5) is 0 Å². The first-order valence-corrected chi connectivity index (χ1v) is 10.1. The largest absolute Gasteiger partial charge is 0.132 e. The second-order valence-electron chi connectivity index (χ2n) is 5.43. The van der Waals surface area contributed by atoms with Crippen molar-refractivity contribution in [3.63, 3.8) is 0 Å². The van der Waals surface area contributed by atoms with Gasteiger partial charge >= 0.3 is 0 Å². The highest BCUT2D eigenvalue weighted by molar-refractivity contribution is 6.83. The Morgan fingerprint density at radius 3 is 2.11 bits per heavy atom. The monoisotopic (exact) mass is 254 g/mol. The Bertz CT molecular complexity index is 458. The first-order chi connectivity index (χ1) is 8.58. The van der Waals surface area contributed by atoms with Gasteiger partial charge in [-0.3, -0.25) is 0 Å². The van der Waals surface area contributed by atoms with Gasteiger partial charge in [-0.1, -0.05) is 49.7 Å². The third kappa shape index (κ3) is 7.77. The molecule has 0 aliphatic carbocycles. The zero-order valence-electron chi connectivity index (χ0n) is 11.7. The molecular weight excluding hydrogens is 232 g/mol. The second-order valence-corrected chi connectivity index (χ2v) is 10.2. The summed E-state index contributed by atoms with van der Waals surface area (Å²) in [5, 5.41) is 0. The Kier molecular flexibility index (Phi) is 6.33. The van der Waals surface area contributed by atoms with E-state index in [2.05, 4.69) is 42.9 Å². The number of rotatable bonds is 3. The van der Waals surface area contributed by atoms with Crippen LogP contribution in [-0.2, 0) is 0 Å². The predicted molar refractivity (Wildman–Crippen MR) is 82.9 cm³/mol. The molecule has 0 N–H and O–H groups in total. The average Bonchev–Trinajstić information content (AvgIpc) is 2.32. The van der Waals surface area contributed by atoms with E-state index in [1.807, 2.05) is 30.3 Å². The number of benzene rings is 1. The van der Waals surface area contributed by atoms with Crippen LogP contribution in [0.5, 0.6) is 0 Å². The molecule has 0 heterocycles. The van der Waals surface area contributed by atoms with Gasteiger partial charge in [0.15, 0.2) is 0 Å². The minimum absolute atomic E-state index is 0.976. The van der Waals surface area contributed by atoms with Crippen molar-refractivity contribution in [1.82, 2.24) is 0 Å². The highest BCUT2D eigenvalue weighted by Gasteiger charge is 2.06. The maximum Gasteiger partial charge on any atom is 0.129 e. The van der Waals surface area contributed by atoms with E-state index in [1.165, 1.54) is 6.42 Å². The fraction of sp³-hybridized carbons (Fsp3) is 0.412. The van der Waals surface area contributed by atoms with Gasteiger partial charge in [-0.05, 0) is 25.0 Å². The van der Waals surface area contributed by atoms with Gasteiger partial charge < -0.3 is 0 Å². The van der Waals surface area contributed by atoms with E-state index in [4.69, 9.17) is 0 Å². The Morgan fingerprint density at radius 1 is 0.889 bits per heavy atom. The maximum absolute atomic E-state index is 3.39. The summed E-state index contributed by atoms with van der Waals surface area (Å²) in [4.78, 5) is 0. The van der Waals surface area contributed by atoms with E-state index in [0.29, 0.717) is 0 Å². The Hall–Kier alpha value is -1.44. The summed E-state index contributed by atoms with van der Waals surface area (Å²) in [6, 6.07) is 10.2. The quantitative estimate of drug-likeness (QED) is 0.424. The summed E-state index contributed by atoms with van der Waals surface area (Å²) in [5.41, 5.74) is 4.50. The van der Waals surface area contributed by atoms with E-state index in [-0.39, 0.29) is 0 Å². The molecule has 0 saturated carbocycles. The molecule has 0 nitrogen and oxygen atoms in total. The van der Waals surface area contributed by atoms with E-state index < -0.39 is 8.07 Å². The predicted octanol–water partition coefficient (Wildman–Crippen LogP) is 4.48. The van der Waals surface area contributed by atoms with Gasteiger partial charge in [-0.25, -0.2) is 0 Å². The normalized spacial score (nSPS) is 9.94. The molecule has 1 heteroatoms. The zero-order chi connectivity index (χ0) is 13.3. The molecule has 0 saturated heterocycles. The summed E-state index contributed by atoms with van der Waals surface area (Å²) in [6.07, 6.45) is 4.32. The van der Waals surface area contributed by atoms with Gasteiger partial charge in [0.1, 0.15) is 8.07 Å². The topological polar surface area (TPSA) is 0 Å². The molecule has 1 aromatic carbocycles. The van der Waals surface area contributed by atoms with Gasteiger partial charge in [-0.2, -0.15) is 0 Å². The molecule has 0 aromatic heterocycles. The van der Waals surface area contributed by atoms with Crippen LogP contribution in [0.1, 0.15) is 31.2 Å². The van der Waals surface area contributed by atoms with Crippen molar-refractivity contribution in [2.45, 2.75) is 45.3 Å². The van der Waals surface area contributed by atoms with Crippen LogP contribution in [0.15, 0.2) is 30.3 Å². The maximum atomic E-state index is 3.39. The van der Waals surface area contributed by atoms with Crippen LogP contribution in [0.2, 0.25) is 19.6 Å². The van der Waals surface area contributed by atoms with Gasteiger partial charge in [0.05, 0.1) is 0 Å². The molecule has 0 bridgehead atoms. The van der Waals surface area contributed by atoms with Crippen LogP contribution >= 0.6 is 0 Å². The second kappa shape index (κ2) is 7.80. The van der Waals surface area contributed by atoms with Crippen molar-refractivity contribution < 1.29 is 0 Å². The molecule has 0 aliphatic rings. The number of unbranched alkanes of at least 4 members (excludes halogenated alkanes) is 3. The summed E-state index contributed by atoms with van der Waals surface area (Å²) >= 11 is 0. The summed E-state index contributed by atoms with van der Waals surface area (Å²) < 4.78 is 0. The molecule has 0 radical (unpaired) electrons. The molecule has 1 rings (SSSR count). The van der Waals surface area contributed by atoms with E-state index in [1.54, 1.807) is 0 Å². The van der Waals surface area contributed by atoms with Gasteiger partial charge in [0.25, 0.3) is 0 Å². The smallest absolute Gasteiger partial charge is 0.129 e. The van der Waals surface area contributed by atoms with Crippen molar-refractivity contribution >= 4 is 8.07 Å². The molecule has 1 aromatic rings. The minimum Gasteiger partial charge on any atom is -0.132 e. The lowest BCUT2D eigenvalue weighted by molar-refractivity contribution is 0.782. The molecule has 0 spiro atoms. The fourth-order valence-electron chi connectivity index (χ4n) is 1.44. The van der Waals surface area contributed by atoms with Crippen LogP contribution in [0, 0.1) is 23.3 Å². The van der Waals surface area contributed by atoms with Crippen LogP contribution in [0.25, 0.3) is 0 Å². The Morgan fingerprint density at radius 2 is 1.50 bits per heavy atom. The third-order valence-corrected chi connectivity index (χ3v) is 3.25. The highest BCUT2D eigenvalue weighted by atomic mass is 28.3. The van der Waals surface area contributed by atoms with Crippen LogP contribution in [-0.4, -0.2) is 8.07 Å². The lowest BCUT2D eigenvalue weighted by atomic mass is 10.2. The third-order valence-electron chi connectivity index (χ3n) is 2.32. The van der Waals surface area contributed by atoms with E-state index in [0.717, 1.165) is 24.8 Å². The lowest BCUT2D eigenvalue weighted by Crippen LogP contribution is -2.16. The summed E-state index contributed by atoms with van der Waals surface area (Å²) in [6.45, 7) is 6.85. The molecule has 18 heavy (non-hydrogen) atoms. The SMILES string of the molecule is C[Si](C)(C)C#CCCCCC#Cc1ccccc1. The first kappa shape index (κ1) is 14.6. The Balaban J connectivity index is 2.16. The van der Waals surface area contributed by atoms with Crippen molar-refractivity contribution in [3.05, 3.63) is 35.9 Å². The summed E-state index contributed by atoms with van der Waals surface area (Å²) in [7, 11) is -1.17. The number of hydrogen-bond acceptors (Lipinski definition) is 0. The van der Waals surface area contributed by atoms with Crippen LogP contribution < -0.4 is 0 Å². The minimum atomic E-state index is -1.17. The molecule has 0 atom stereocenters. The Labute approximate surface area is 113 Å². The van der Waals surface area contributed by atoms with Crippen LogP contribution in [0.3, 0.4) is 0 Å². The van der Waals surface area contributed by atoms with Crippen molar-refractivity contribution in [2.24, 2.45) is 0 Å². The molecule has 94 valence electrons. The lowest BCUT2D eigenvalue weighted by Gasteiger charge is -2.02. The average molecular weight is 254 g/mol. The van der Waals surface area contributed by atoms with Crippen molar-refractivity contribution in [3.8, 4) is 23.3 Å². The van der Waals surface area contributed by atoms with Crippen molar-refractivity contribution in [2.75, 3.05) is 0 Å². The molecule has 0 unspecified atom stereocenters. The van der Waals surface area contributed by atoms with E-state index >= 15 is 0 Å². The van der Waals surface area contributed by atoms with Gasteiger partial charge in [0.2, 0.25) is 0 Å². The number of hydrogen-bond donors (Lipinski definition) is 0. The molecule has 0 aliphatic heterocycles. The van der Waals surface area contributed by atoms with E-state index in [9.17, 15) is 0 Å². The fourth-order valence-corrected chi connectivity index (χ4v) is 2.10. The molecule has 0 amide bonds.